The maximum atomic E-state index is 12.1. The Morgan fingerprint density at radius 1 is 1.35 bits per heavy atom. The van der Waals surface area contributed by atoms with Gasteiger partial charge in [-0.25, -0.2) is 0 Å². The van der Waals surface area contributed by atoms with Crippen molar-refractivity contribution < 1.29 is 19.0 Å². The molecule has 2 aliphatic heterocycles. The number of pyridine rings is 1. The lowest BCUT2D eigenvalue weighted by Crippen LogP contribution is -2.45. The molecule has 0 atom stereocenters. The van der Waals surface area contributed by atoms with Crippen molar-refractivity contribution in [3.63, 3.8) is 0 Å². The number of anilines is 1. The van der Waals surface area contributed by atoms with Gasteiger partial charge in [-0.05, 0) is 6.07 Å². The Bertz CT molecular complexity index is 536. The number of amides is 1. The van der Waals surface area contributed by atoms with Crippen LogP contribution in [0.25, 0.3) is 0 Å². The summed E-state index contributed by atoms with van der Waals surface area (Å²) in [4.78, 5) is 18.5. The molecule has 2 aliphatic rings. The molecule has 1 N–H and O–H groups in total. The third-order valence-electron chi connectivity index (χ3n) is 4.28. The van der Waals surface area contributed by atoms with Gasteiger partial charge in [0, 0.05) is 45.8 Å². The number of piperidine rings is 1. The van der Waals surface area contributed by atoms with E-state index in [0.717, 1.165) is 31.6 Å². The van der Waals surface area contributed by atoms with Crippen LogP contribution in [0.3, 0.4) is 0 Å². The quantitative estimate of drug-likeness (QED) is 0.809. The Morgan fingerprint density at radius 2 is 2.09 bits per heavy atom. The van der Waals surface area contributed by atoms with Crippen LogP contribution in [-0.4, -0.2) is 63.2 Å². The van der Waals surface area contributed by atoms with Crippen molar-refractivity contribution in [1.82, 2.24) is 10.3 Å². The number of hydrogen-bond acceptors (Lipinski definition) is 6. The lowest BCUT2D eigenvalue weighted by molar-refractivity contribution is -0.169. The molecule has 1 aromatic rings. The minimum atomic E-state index is -0.390. The van der Waals surface area contributed by atoms with Crippen LogP contribution in [0, 0.1) is 0 Å². The molecule has 1 aromatic heterocycles. The van der Waals surface area contributed by atoms with Gasteiger partial charge in [0.05, 0.1) is 37.3 Å². The van der Waals surface area contributed by atoms with Gasteiger partial charge in [-0.1, -0.05) is 0 Å². The minimum Gasteiger partial charge on any atom is -0.383 e. The molecule has 7 heteroatoms. The zero-order valence-corrected chi connectivity index (χ0v) is 13.4. The number of carbonyl (C=O) groups excluding carboxylic acids is 1. The molecule has 0 radical (unpaired) electrons. The first kappa shape index (κ1) is 16.2. The first-order chi connectivity index (χ1) is 11.2. The Hall–Kier alpha value is -1.70. The Morgan fingerprint density at radius 3 is 2.78 bits per heavy atom. The van der Waals surface area contributed by atoms with Crippen molar-refractivity contribution in [1.29, 1.82) is 0 Å². The molecule has 0 unspecified atom stereocenters. The van der Waals surface area contributed by atoms with Crippen molar-refractivity contribution in [2.75, 3.05) is 51.5 Å². The van der Waals surface area contributed by atoms with E-state index in [1.165, 1.54) is 0 Å². The predicted molar refractivity (Wildman–Crippen MR) is 84.5 cm³/mol. The Labute approximate surface area is 135 Å². The van der Waals surface area contributed by atoms with Crippen LogP contribution in [0.2, 0.25) is 0 Å². The molecule has 7 nitrogen and oxygen atoms in total. The number of nitrogens with one attached hydrogen (secondary N) is 1. The predicted octanol–water partition coefficient (Wildman–Crippen LogP) is 0.801. The van der Waals surface area contributed by atoms with E-state index in [4.69, 9.17) is 14.2 Å². The average Bonchev–Trinajstić information content (AvgIpc) is 3.04. The highest BCUT2D eigenvalue weighted by Gasteiger charge is 2.39. The number of rotatable bonds is 5. The van der Waals surface area contributed by atoms with Crippen molar-refractivity contribution in [3.05, 3.63) is 24.0 Å². The maximum Gasteiger partial charge on any atom is 0.253 e. The van der Waals surface area contributed by atoms with Crippen LogP contribution in [-0.2, 0) is 14.2 Å². The van der Waals surface area contributed by atoms with Crippen molar-refractivity contribution >= 4 is 11.6 Å². The second kappa shape index (κ2) is 7.25. The first-order valence-electron chi connectivity index (χ1n) is 7.97. The molecule has 2 saturated heterocycles. The van der Waals surface area contributed by atoms with Gasteiger partial charge in [0.25, 0.3) is 5.91 Å². The molecule has 23 heavy (non-hydrogen) atoms. The molecule has 3 heterocycles. The molecule has 126 valence electrons. The van der Waals surface area contributed by atoms with Crippen LogP contribution in [0.4, 0.5) is 5.69 Å². The third-order valence-corrected chi connectivity index (χ3v) is 4.28. The van der Waals surface area contributed by atoms with Crippen LogP contribution in [0.1, 0.15) is 23.2 Å². The molecule has 0 aromatic carbocycles. The summed E-state index contributed by atoms with van der Waals surface area (Å²) in [7, 11) is 1.61. The lowest BCUT2D eigenvalue weighted by Gasteiger charge is -2.38. The SMILES string of the molecule is COCCNC(=O)c1cncc(N2CCC3(CC2)OCCO3)c1. The van der Waals surface area contributed by atoms with E-state index in [9.17, 15) is 4.79 Å². The topological polar surface area (TPSA) is 72.9 Å². The number of ether oxygens (including phenoxy) is 3. The van der Waals surface area contributed by atoms with E-state index in [0.29, 0.717) is 31.9 Å². The Balaban J connectivity index is 1.60. The zero-order valence-electron chi connectivity index (χ0n) is 13.4. The molecule has 0 aliphatic carbocycles. The normalized spacial score (nSPS) is 20.0. The largest absolute Gasteiger partial charge is 0.383 e. The lowest BCUT2D eigenvalue weighted by atomic mass is 10.0. The molecule has 1 spiro atoms. The Kier molecular flexibility index (Phi) is 5.09. The summed E-state index contributed by atoms with van der Waals surface area (Å²) in [5.74, 6) is -0.522. The summed E-state index contributed by atoms with van der Waals surface area (Å²) >= 11 is 0. The third kappa shape index (κ3) is 3.80. The summed E-state index contributed by atoms with van der Waals surface area (Å²) in [5, 5.41) is 2.81. The van der Waals surface area contributed by atoms with Gasteiger partial charge in [0.15, 0.2) is 5.79 Å². The number of aromatic nitrogens is 1. The van der Waals surface area contributed by atoms with E-state index < -0.39 is 0 Å². The second-order valence-corrected chi connectivity index (χ2v) is 5.78. The van der Waals surface area contributed by atoms with E-state index in [1.54, 1.807) is 19.5 Å². The molecule has 2 fully saturated rings. The zero-order chi connectivity index (χ0) is 16.1. The van der Waals surface area contributed by atoms with Crippen molar-refractivity contribution in [2.24, 2.45) is 0 Å². The molecule has 0 saturated carbocycles. The molecule has 3 rings (SSSR count). The minimum absolute atomic E-state index is 0.132. The van der Waals surface area contributed by atoms with Gasteiger partial charge in [0.2, 0.25) is 0 Å². The van der Waals surface area contributed by atoms with E-state index in [-0.39, 0.29) is 11.7 Å². The summed E-state index contributed by atoms with van der Waals surface area (Å²) in [6.45, 7) is 4.00. The van der Waals surface area contributed by atoms with Crippen LogP contribution < -0.4 is 10.2 Å². The summed E-state index contributed by atoms with van der Waals surface area (Å²) < 4.78 is 16.4. The molecule has 1 amide bonds. The average molecular weight is 321 g/mol. The van der Waals surface area contributed by atoms with E-state index in [2.05, 4.69) is 15.2 Å². The van der Waals surface area contributed by atoms with E-state index in [1.807, 2.05) is 6.07 Å². The van der Waals surface area contributed by atoms with Gasteiger partial charge in [0.1, 0.15) is 0 Å². The van der Waals surface area contributed by atoms with Crippen LogP contribution in [0.5, 0.6) is 0 Å². The number of nitrogens with zero attached hydrogens (tertiary/aromatic N) is 2. The summed E-state index contributed by atoms with van der Waals surface area (Å²) in [5.41, 5.74) is 1.52. The van der Waals surface area contributed by atoms with Gasteiger partial charge in [-0.3, -0.25) is 9.78 Å². The number of hydrogen-bond donors (Lipinski definition) is 1. The maximum absolute atomic E-state index is 12.1. The summed E-state index contributed by atoms with van der Waals surface area (Å²) in [6, 6.07) is 1.88. The highest BCUT2D eigenvalue weighted by Crippen LogP contribution is 2.33. The number of carbonyl (C=O) groups is 1. The van der Waals surface area contributed by atoms with Gasteiger partial charge < -0.3 is 24.4 Å². The fourth-order valence-electron chi connectivity index (χ4n) is 2.98. The fourth-order valence-corrected chi connectivity index (χ4v) is 2.98. The summed E-state index contributed by atoms with van der Waals surface area (Å²) in [6.07, 6.45) is 5.04. The monoisotopic (exact) mass is 321 g/mol. The first-order valence-corrected chi connectivity index (χ1v) is 7.97. The van der Waals surface area contributed by atoms with Gasteiger partial charge in [-0.15, -0.1) is 0 Å². The molecular formula is C16H23N3O4. The fraction of sp³-hybridized carbons (Fsp3) is 0.625. The smallest absolute Gasteiger partial charge is 0.253 e. The van der Waals surface area contributed by atoms with Crippen molar-refractivity contribution in [2.45, 2.75) is 18.6 Å². The standard InChI is InChI=1S/C16H23N3O4/c1-21-7-4-18-15(20)13-10-14(12-17-11-13)19-5-2-16(3-6-19)22-8-9-23-16/h10-12H,2-9H2,1H3,(H,18,20). The molecule has 0 bridgehead atoms. The van der Waals surface area contributed by atoms with E-state index >= 15 is 0 Å². The molecular weight excluding hydrogens is 298 g/mol. The van der Waals surface area contributed by atoms with Crippen LogP contribution in [0.15, 0.2) is 18.5 Å². The van der Waals surface area contributed by atoms with Gasteiger partial charge >= 0.3 is 0 Å². The highest BCUT2D eigenvalue weighted by atomic mass is 16.7. The van der Waals surface area contributed by atoms with Crippen LogP contribution >= 0.6 is 0 Å². The van der Waals surface area contributed by atoms with Crippen molar-refractivity contribution in [3.8, 4) is 0 Å². The van der Waals surface area contributed by atoms with Gasteiger partial charge in [-0.2, -0.15) is 0 Å². The number of methoxy groups -OCH3 is 1. The highest BCUT2D eigenvalue weighted by molar-refractivity contribution is 5.94. The second-order valence-electron chi connectivity index (χ2n) is 5.78.